The predicted octanol–water partition coefficient (Wildman–Crippen LogP) is 1.61. The minimum atomic E-state index is -0.273. The van der Waals surface area contributed by atoms with E-state index in [0.29, 0.717) is 12.2 Å². The summed E-state index contributed by atoms with van der Waals surface area (Å²) in [6.45, 7) is 5.85. The summed E-state index contributed by atoms with van der Waals surface area (Å²) in [5.41, 5.74) is 2.23. The largest absolute Gasteiger partial charge is 0.462 e. The van der Waals surface area contributed by atoms with Crippen LogP contribution in [0.2, 0.25) is 0 Å². The Bertz CT molecular complexity index is 269. The molecule has 12 heavy (non-hydrogen) atoms. The average Bonchev–Trinajstić information content (AvgIpc) is 2.32. The van der Waals surface area contributed by atoms with Gasteiger partial charge >= 0.3 is 5.97 Å². The number of carbonyl (C=O) groups is 1. The number of H-pyrrole nitrogens is 1. The van der Waals surface area contributed by atoms with Gasteiger partial charge in [-0.25, -0.2) is 4.79 Å². The van der Waals surface area contributed by atoms with Crippen molar-refractivity contribution in [3.8, 4) is 0 Å². The van der Waals surface area contributed by atoms with Crippen LogP contribution in [-0.4, -0.2) is 17.6 Å². The Morgan fingerprint density at radius 1 is 1.58 bits per heavy atom. The third-order valence-corrected chi connectivity index (χ3v) is 1.67. The molecule has 0 spiro atoms. The lowest BCUT2D eigenvalue weighted by Gasteiger charge is -2.01. The third kappa shape index (κ3) is 1.49. The summed E-state index contributed by atoms with van der Waals surface area (Å²) in [5.74, 6) is -0.273. The molecule has 0 aliphatic carbocycles. The van der Waals surface area contributed by atoms with E-state index in [1.54, 1.807) is 6.92 Å². The maximum absolute atomic E-state index is 11.3. The van der Waals surface area contributed by atoms with Gasteiger partial charge in [0.25, 0.3) is 0 Å². The van der Waals surface area contributed by atoms with E-state index in [0.717, 1.165) is 11.3 Å². The van der Waals surface area contributed by atoms with E-state index in [1.165, 1.54) is 0 Å². The summed E-state index contributed by atoms with van der Waals surface area (Å²) < 4.78 is 4.87. The monoisotopic (exact) mass is 166 g/mol. The van der Waals surface area contributed by atoms with Gasteiger partial charge in [0, 0.05) is 5.69 Å². The lowest BCUT2D eigenvalue weighted by atomic mass is 10.2. The molecule has 0 aliphatic rings. The first-order valence-electron chi connectivity index (χ1n) is 3.90. The van der Waals surface area contributed by atoms with Gasteiger partial charge in [-0.3, -0.25) is 0 Å². The van der Waals surface area contributed by atoms with E-state index in [1.807, 2.05) is 13.8 Å². The topological polar surface area (TPSA) is 42.1 Å². The fourth-order valence-electron chi connectivity index (χ4n) is 1.10. The molecule has 0 atom stereocenters. The van der Waals surface area contributed by atoms with Crippen molar-refractivity contribution in [3.63, 3.8) is 0 Å². The fourth-order valence-corrected chi connectivity index (χ4v) is 1.10. The van der Waals surface area contributed by atoms with Gasteiger partial charge < -0.3 is 9.72 Å². The van der Waals surface area contributed by atoms with E-state index in [9.17, 15) is 4.79 Å². The van der Waals surface area contributed by atoms with Crippen molar-refractivity contribution >= 4 is 5.97 Å². The molecule has 0 fully saturated rings. The number of hydrogen-bond donors (Lipinski definition) is 1. The molecule has 1 radical (unpaired) electrons. The highest BCUT2D eigenvalue weighted by molar-refractivity contribution is 5.92. The summed E-state index contributed by atoms with van der Waals surface area (Å²) in [4.78, 5) is 14.1. The Hall–Kier alpha value is -1.25. The molecule has 1 aromatic heterocycles. The lowest BCUT2D eigenvalue weighted by molar-refractivity contribution is 0.0525. The van der Waals surface area contributed by atoms with Crippen LogP contribution in [0.25, 0.3) is 0 Å². The number of nitrogens with one attached hydrogen (secondary N) is 1. The standard InChI is InChI=1S/C9H12NO2/c1-4-12-9(11)8-6(2)5-10-7(8)3/h10H,4H2,1-3H3. The number of carbonyl (C=O) groups excluding carboxylic acids is 1. The minimum Gasteiger partial charge on any atom is -0.462 e. The van der Waals surface area contributed by atoms with Crippen LogP contribution in [0, 0.1) is 20.0 Å². The van der Waals surface area contributed by atoms with Crippen molar-refractivity contribution in [3.05, 3.63) is 23.0 Å². The summed E-state index contributed by atoms with van der Waals surface area (Å²) in [5, 5.41) is 0. The normalized spacial score (nSPS) is 9.92. The first-order chi connectivity index (χ1) is 5.66. The maximum atomic E-state index is 11.3. The molecule has 0 amide bonds. The Kier molecular flexibility index (Phi) is 2.53. The van der Waals surface area contributed by atoms with Crippen LogP contribution >= 0.6 is 0 Å². The van der Waals surface area contributed by atoms with Crippen molar-refractivity contribution in [2.75, 3.05) is 6.61 Å². The van der Waals surface area contributed by atoms with Gasteiger partial charge in [-0.15, -0.1) is 0 Å². The summed E-state index contributed by atoms with van der Waals surface area (Å²) in [7, 11) is 0. The molecule has 0 unspecified atom stereocenters. The van der Waals surface area contributed by atoms with E-state index in [4.69, 9.17) is 4.74 Å². The smallest absolute Gasteiger partial charge is 0.340 e. The van der Waals surface area contributed by atoms with Gasteiger partial charge in [0.2, 0.25) is 0 Å². The van der Waals surface area contributed by atoms with Crippen molar-refractivity contribution in [1.29, 1.82) is 0 Å². The number of ether oxygens (including phenoxy) is 1. The van der Waals surface area contributed by atoms with Gasteiger partial charge in [0.05, 0.1) is 18.4 Å². The lowest BCUT2D eigenvalue weighted by Crippen LogP contribution is -2.06. The average molecular weight is 166 g/mol. The zero-order valence-electron chi connectivity index (χ0n) is 7.52. The molecule has 0 aromatic carbocycles. The van der Waals surface area contributed by atoms with Gasteiger partial charge in [0.15, 0.2) is 0 Å². The molecule has 0 saturated heterocycles. The van der Waals surface area contributed by atoms with Crippen LogP contribution < -0.4 is 0 Å². The summed E-state index contributed by atoms with van der Waals surface area (Å²) in [6.07, 6.45) is 2.85. The molecule has 1 aromatic rings. The van der Waals surface area contributed by atoms with Gasteiger partial charge in [0.1, 0.15) is 0 Å². The first-order valence-corrected chi connectivity index (χ1v) is 3.90. The zero-order valence-corrected chi connectivity index (χ0v) is 7.52. The van der Waals surface area contributed by atoms with Crippen LogP contribution in [0.15, 0.2) is 0 Å². The predicted molar refractivity (Wildman–Crippen MR) is 45.1 cm³/mol. The second kappa shape index (κ2) is 3.43. The fraction of sp³-hybridized carbons (Fsp3) is 0.444. The quantitative estimate of drug-likeness (QED) is 0.678. The van der Waals surface area contributed by atoms with Gasteiger partial charge in [-0.2, -0.15) is 0 Å². The van der Waals surface area contributed by atoms with Crippen LogP contribution in [-0.2, 0) is 4.74 Å². The molecule has 0 bridgehead atoms. The van der Waals surface area contributed by atoms with Crippen LogP contribution in [0.5, 0.6) is 0 Å². The number of rotatable bonds is 2. The van der Waals surface area contributed by atoms with Crippen molar-refractivity contribution in [2.45, 2.75) is 20.8 Å². The number of hydrogen-bond acceptors (Lipinski definition) is 2. The highest BCUT2D eigenvalue weighted by Gasteiger charge is 2.14. The highest BCUT2D eigenvalue weighted by atomic mass is 16.5. The minimum absolute atomic E-state index is 0.273. The summed E-state index contributed by atoms with van der Waals surface area (Å²) >= 11 is 0. The van der Waals surface area contributed by atoms with Crippen LogP contribution in [0.3, 0.4) is 0 Å². The van der Waals surface area contributed by atoms with Crippen molar-refractivity contribution in [2.24, 2.45) is 0 Å². The maximum Gasteiger partial charge on any atom is 0.340 e. The number of aryl methyl sites for hydroxylation is 2. The zero-order chi connectivity index (χ0) is 9.14. The Labute approximate surface area is 71.7 Å². The van der Waals surface area contributed by atoms with E-state index >= 15 is 0 Å². The summed E-state index contributed by atoms with van der Waals surface area (Å²) in [6, 6.07) is 0. The number of aromatic nitrogens is 1. The second-order valence-corrected chi connectivity index (χ2v) is 2.60. The van der Waals surface area contributed by atoms with E-state index < -0.39 is 0 Å². The first kappa shape index (κ1) is 8.84. The molecule has 1 N–H and O–H groups in total. The molecule has 0 aliphatic heterocycles. The molecule has 3 nitrogen and oxygen atoms in total. The molecule has 3 heteroatoms. The molecule has 0 saturated carbocycles. The van der Waals surface area contributed by atoms with E-state index in [-0.39, 0.29) is 5.97 Å². The Morgan fingerprint density at radius 3 is 2.67 bits per heavy atom. The molecule has 1 rings (SSSR count). The van der Waals surface area contributed by atoms with Crippen LogP contribution in [0.4, 0.5) is 0 Å². The SMILES string of the molecule is CCOC(=O)c1c(C)[c][nH]c1C. The van der Waals surface area contributed by atoms with Crippen molar-refractivity contribution in [1.82, 2.24) is 4.98 Å². The third-order valence-electron chi connectivity index (χ3n) is 1.67. The van der Waals surface area contributed by atoms with Gasteiger partial charge in [-0.1, -0.05) is 0 Å². The molecular weight excluding hydrogens is 154 g/mol. The van der Waals surface area contributed by atoms with E-state index in [2.05, 4.69) is 11.2 Å². The highest BCUT2D eigenvalue weighted by Crippen LogP contribution is 2.12. The second-order valence-electron chi connectivity index (χ2n) is 2.60. The molecule has 1 heterocycles. The number of esters is 1. The molecule has 65 valence electrons. The Balaban J connectivity index is 2.93. The van der Waals surface area contributed by atoms with Crippen molar-refractivity contribution < 1.29 is 9.53 Å². The Morgan fingerprint density at radius 2 is 2.25 bits per heavy atom. The molecular formula is C9H12NO2. The number of aromatic amines is 1. The van der Waals surface area contributed by atoms with Gasteiger partial charge in [-0.05, 0) is 26.3 Å². The van der Waals surface area contributed by atoms with Crippen LogP contribution in [0.1, 0.15) is 28.5 Å².